The summed E-state index contributed by atoms with van der Waals surface area (Å²) in [6, 6.07) is 40.5. The van der Waals surface area contributed by atoms with Crippen LogP contribution in [-0.2, 0) is 0 Å². The van der Waals surface area contributed by atoms with E-state index in [0.717, 1.165) is 0 Å². The first-order valence-corrected chi connectivity index (χ1v) is 12.8. The molecule has 0 radical (unpaired) electrons. The summed E-state index contributed by atoms with van der Waals surface area (Å²) in [5.41, 5.74) is 16.2. The lowest BCUT2D eigenvalue weighted by Gasteiger charge is -2.14. The van der Waals surface area contributed by atoms with E-state index < -0.39 is 0 Å². The minimum Gasteiger partial charge on any atom is -0.188 e. The van der Waals surface area contributed by atoms with Gasteiger partial charge in [-0.25, -0.2) is 0 Å². The number of nitrogens with zero attached hydrogens (tertiary/aromatic N) is 2. The molecular formula is C34H26N2+2. The molecule has 36 heavy (non-hydrogen) atoms. The molecule has 3 aliphatic rings. The lowest BCUT2D eigenvalue weighted by atomic mass is 9.95. The monoisotopic (exact) mass is 462 g/mol. The zero-order valence-corrected chi connectivity index (χ0v) is 20.4. The van der Waals surface area contributed by atoms with E-state index in [1.165, 1.54) is 67.4 Å². The number of aryl methyl sites for hydroxylation is 2. The molecule has 4 heterocycles. The van der Waals surface area contributed by atoms with Crippen molar-refractivity contribution in [2.45, 2.75) is 25.8 Å². The Morgan fingerprint density at radius 1 is 0.556 bits per heavy atom. The van der Waals surface area contributed by atoms with E-state index in [1.54, 1.807) is 0 Å². The lowest BCUT2D eigenvalue weighted by molar-refractivity contribution is -0.694. The molecule has 1 saturated carbocycles. The van der Waals surface area contributed by atoms with Crippen LogP contribution >= 0.6 is 0 Å². The number of hydrogen-bond donors (Lipinski definition) is 0. The summed E-state index contributed by atoms with van der Waals surface area (Å²) in [5, 5.41) is 0. The molecule has 3 aromatic carbocycles. The van der Waals surface area contributed by atoms with Gasteiger partial charge in [-0.3, -0.25) is 0 Å². The van der Waals surface area contributed by atoms with Gasteiger partial charge in [0.1, 0.15) is 0 Å². The van der Waals surface area contributed by atoms with Crippen LogP contribution in [0.4, 0.5) is 0 Å². The Morgan fingerprint density at radius 3 is 2.17 bits per heavy atom. The Balaban J connectivity index is 1.44. The van der Waals surface area contributed by atoms with E-state index in [-0.39, 0.29) is 0 Å². The number of fused-ring (bicyclic) bond motifs is 9. The van der Waals surface area contributed by atoms with E-state index >= 15 is 0 Å². The van der Waals surface area contributed by atoms with Crippen molar-refractivity contribution >= 4 is 5.70 Å². The highest BCUT2D eigenvalue weighted by atomic mass is 15.1. The minimum absolute atomic E-state index is 0.359. The maximum atomic E-state index is 2.58. The van der Waals surface area contributed by atoms with Crippen LogP contribution in [0.2, 0.25) is 0 Å². The lowest BCUT2D eigenvalue weighted by Crippen LogP contribution is -2.41. The molecule has 5 aromatic rings. The average molecular weight is 463 g/mol. The van der Waals surface area contributed by atoms with Crippen molar-refractivity contribution in [1.29, 1.82) is 0 Å². The summed E-state index contributed by atoms with van der Waals surface area (Å²) >= 11 is 0. The normalized spacial score (nSPS) is 20.2. The van der Waals surface area contributed by atoms with Gasteiger partial charge in [0, 0.05) is 38.1 Å². The van der Waals surface area contributed by atoms with Crippen LogP contribution in [0, 0.1) is 13.8 Å². The van der Waals surface area contributed by atoms with Crippen LogP contribution in [0.25, 0.3) is 39.3 Å². The Bertz CT molecular complexity index is 1760. The van der Waals surface area contributed by atoms with Gasteiger partial charge in [0.2, 0.25) is 17.1 Å². The summed E-state index contributed by atoms with van der Waals surface area (Å²) < 4.78 is 5.08. The molecule has 0 bridgehead atoms. The molecule has 170 valence electrons. The van der Waals surface area contributed by atoms with Crippen LogP contribution in [-0.4, -0.2) is 0 Å². The van der Waals surface area contributed by atoms with Gasteiger partial charge in [-0.1, -0.05) is 54.6 Å². The zero-order valence-electron chi connectivity index (χ0n) is 20.4. The second kappa shape index (κ2) is 7.11. The molecule has 8 rings (SSSR count). The molecule has 1 aliphatic carbocycles. The van der Waals surface area contributed by atoms with Gasteiger partial charge in [-0.15, -0.1) is 0 Å². The van der Waals surface area contributed by atoms with Crippen LogP contribution in [0.1, 0.15) is 34.5 Å². The van der Waals surface area contributed by atoms with Crippen molar-refractivity contribution in [3.63, 3.8) is 0 Å². The summed E-state index contributed by atoms with van der Waals surface area (Å²) in [6.45, 7) is 4.48. The largest absolute Gasteiger partial charge is 0.226 e. The molecule has 0 saturated heterocycles. The maximum absolute atomic E-state index is 2.58. The first-order valence-electron chi connectivity index (χ1n) is 12.8. The Labute approximate surface area is 211 Å². The quantitative estimate of drug-likeness (QED) is 0.237. The number of allylic oxidation sites excluding steroid dienone is 1. The molecule has 1 fully saturated rings. The van der Waals surface area contributed by atoms with Gasteiger partial charge in [-0.05, 0) is 47.0 Å². The molecule has 0 spiro atoms. The number of benzene rings is 3. The first-order chi connectivity index (χ1) is 17.7. The second-order valence-corrected chi connectivity index (χ2v) is 10.3. The highest BCUT2D eigenvalue weighted by Gasteiger charge is 2.63. The summed E-state index contributed by atoms with van der Waals surface area (Å²) in [7, 11) is 0. The SMILES string of the molecule is Cc1cccc2[n+]1/C(=C1\C3c4ccccc4-c4cccc(C)[n+]4C13)c1cc(-c3ccccc3)ccc1-2. The van der Waals surface area contributed by atoms with E-state index in [4.69, 9.17) is 0 Å². The van der Waals surface area contributed by atoms with Crippen LogP contribution in [0.5, 0.6) is 0 Å². The molecule has 2 nitrogen and oxygen atoms in total. The number of hydrogen-bond acceptors (Lipinski definition) is 0. The number of aromatic nitrogens is 2. The fourth-order valence-electron chi connectivity index (χ4n) is 6.68. The summed E-state index contributed by atoms with van der Waals surface area (Å²) in [6.07, 6.45) is 0. The Morgan fingerprint density at radius 2 is 1.31 bits per heavy atom. The molecule has 0 N–H and O–H groups in total. The van der Waals surface area contributed by atoms with Crippen molar-refractivity contribution in [1.82, 2.24) is 0 Å². The summed E-state index contributed by atoms with van der Waals surface area (Å²) in [4.78, 5) is 0. The third kappa shape index (κ3) is 2.56. The third-order valence-electron chi connectivity index (χ3n) is 8.28. The maximum Gasteiger partial charge on any atom is 0.226 e. The van der Waals surface area contributed by atoms with E-state index in [0.29, 0.717) is 12.0 Å². The predicted molar refractivity (Wildman–Crippen MR) is 143 cm³/mol. The highest BCUT2D eigenvalue weighted by Crippen LogP contribution is 2.62. The Kier molecular flexibility index (Phi) is 3.94. The molecule has 2 unspecified atom stereocenters. The number of rotatable bonds is 1. The molecular weight excluding hydrogens is 436 g/mol. The molecule has 2 aliphatic heterocycles. The van der Waals surface area contributed by atoms with Gasteiger partial charge >= 0.3 is 0 Å². The smallest absolute Gasteiger partial charge is 0.188 e. The van der Waals surface area contributed by atoms with Gasteiger partial charge in [0.25, 0.3) is 0 Å². The summed E-state index contributed by atoms with van der Waals surface area (Å²) in [5.74, 6) is 0.404. The van der Waals surface area contributed by atoms with Crippen molar-refractivity contribution in [3.8, 4) is 33.6 Å². The molecule has 2 atom stereocenters. The fraction of sp³-hybridized carbons (Fsp3) is 0.118. The topological polar surface area (TPSA) is 7.76 Å². The molecule has 0 amide bonds. The van der Waals surface area contributed by atoms with Crippen molar-refractivity contribution in [2.24, 2.45) is 0 Å². The average Bonchev–Trinajstić information content (AvgIpc) is 3.56. The molecule has 2 heteroatoms. The third-order valence-corrected chi connectivity index (χ3v) is 8.28. The minimum atomic E-state index is 0.359. The van der Waals surface area contributed by atoms with Crippen LogP contribution < -0.4 is 9.13 Å². The second-order valence-electron chi connectivity index (χ2n) is 10.3. The molecule has 2 aromatic heterocycles. The van der Waals surface area contributed by atoms with E-state index in [1.807, 2.05) is 0 Å². The predicted octanol–water partition coefficient (Wildman–Crippen LogP) is 6.80. The van der Waals surface area contributed by atoms with Crippen LogP contribution in [0.15, 0.2) is 115 Å². The standard InChI is InChI=1S/C34H26N2/c1-21-10-8-17-30-26-19-18-24(23-12-4-3-5-13-23)20-28(26)33(35(21)30)32-31-27-15-7-6-14-25(27)29-16-9-11-22(2)36(29)34(31)32/h3-20,31,34H,1-2H3/q+2/b33-32+. The Hall–Kier alpha value is -4.30. The highest BCUT2D eigenvalue weighted by molar-refractivity contribution is 5.88. The van der Waals surface area contributed by atoms with Crippen molar-refractivity contribution in [2.75, 3.05) is 0 Å². The van der Waals surface area contributed by atoms with Crippen molar-refractivity contribution in [3.05, 3.63) is 137 Å². The van der Waals surface area contributed by atoms with Crippen LogP contribution in [0.3, 0.4) is 0 Å². The van der Waals surface area contributed by atoms with E-state index in [9.17, 15) is 0 Å². The zero-order chi connectivity index (χ0) is 24.0. The van der Waals surface area contributed by atoms with Gasteiger partial charge in [0.15, 0.2) is 17.4 Å². The van der Waals surface area contributed by atoms with Gasteiger partial charge in [0.05, 0.1) is 28.2 Å². The van der Waals surface area contributed by atoms with Gasteiger partial charge < -0.3 is 0 Å². The number of pyridine rings is 2. The van der Waals surface area contributed by atoms with Crippen molar-refractivity contribution < 1.29 is 9.13 Å². The van der Waals surface area contributed by atoms with E-state index in [2.05, 4.69) is 132 Å². The fourth-order valence-corrected chi connectivity index (χ4v) is 6.68. The first kappa shape index (κ1) is 19.9. The van der Waals surface area contributed by atoms with Gasteiger partial charge in [-0.2, -0.15) is 9.13 Å².